The Hall–Kier alpha value is -5.44. The van der Waals surface area contributed by atoms with E-state index in [0.29, 0.717) is 27.0 Å². The molecule has 0 radical (unpaired) electrons. The van der Waals surface area contributed by atoms with Crippen molar-refractivity contribution in [3.8, 4) is 17.2 Å². The molecule has 3 aromatic rings. The minimum atomic E-state index is -0.788. The van der Waals surface area contributed by atoms with Crippen LogP contribution in [0.1, 0.15) is 36.6 Å². The molecule has 1 heterocycles. The molecule has 0 spiro atoms. The van der Waals surface area contributed by atoms with Crippen molar-refractivity contribution >= 4 is 45.7 Å². The number of hydrogen-bond acceptors (Lipinski definition) is 10. The standard InChI is InChI=1S/C31H30BrN5O9/c1-4-44-30(39)28-18(2)34-31(40)35-29(28)21-8-12-25(26(14-21)43-3)46-17-27(38)36-33-15-20-7-11-24(23(32)13-20)45-16-19-5-9-22(10-6-19)37(41)42/h5-15,29H,4,16-17H2,1-3H3,(H,36,38)(H2,34,35,40)/b33-15-/t29-/m1/s1. The lowest BCUT2D eigenvalue weighted by Gasteiger charge is -2.28. The Bertz CT molecular complexity index is 1690. The van der Waals surface area contributed by atoms with Gasteiger partial charge in [0.15, 0.2) is 18.1 Å². The Balaban J connectivity index is 1.32. The van der Waals surface area contributed by atoms with Gasteiger partial charge >= 0.3 is 12.0 Å². The topological polar surface area (TPSA) is 180 Å². The maximum Gasteiger partial charge on any atom is 0.338 e. The number of amides is 3. The molecular weight excluding hydrogens is 666 g/mol. The number of ether oxygens (including phenoxy) is 4. The third-order valence-corrected chi connectivity index (χ3v) is 7.16. The molecule has 0 saturated carbocycles. The number of allylic oxidation sites excluding steroid dienone is 1. The quantitative estimate of drug-likeness (QED) is 0.0992. The van der Waals surface area contributed by atoms with Crippen LogP contribution in [0.2, 0.25) is 0 Å². The molecule has 3 N–H and O–H groups in total. The molecule has 3 aromatic carbocycles. The zero-order chi connectivity index (χ0) is 33.2. The number of urea groups is 1. The largest absolute Gasteiger partial charge is 0.493 e. The molecule has 240 valence electrons. The second kappa shape index (κ2) is 15.5. The van der Waals surface area contributed by atoms with Gasteiger partial charge in [-0.1, -0.05) is 6.07 Å². The van der Waals surface area contributed by atoms with E-state index in [4.69, 9.17) is 18.9 Å². The Morgan fingerprint density at radius 1 is 1.07 bits per heavy atom. The number of hydrazone groups is 1. The average molecular weight is 697 g/mol. The van der Waals surface area contributed by atoms with E-state index in [9.17, 15) is 24.5 Å². The van der Waals surface area contributed by atoms with Crippen molar-refractivity contribution in [2.75, 3.05) is 20.3 Å². The summed E-state index contributed by atoms with van der Waals surface area (Å²) in [6.45, 7) is 3.32. The number of hydrogen-bond donors (Lipinski definition) is 3. The molecule has 0 saturated heterocycles. The van der Waals surface area contributed by atoms with Crippen LogP contribution < -0.4 is 30.3 Å². The van der Waals surface area contributed by atoms with Gasteiger partial charge in [0.25, 0.3) is 11.6 Å². The summed E-state index contributed by atoms with van der Waals surface area (Å²) >= 11 is 3.45. The number of nitro benzene ring substituents is 1. The van der Waals surface area contributed by atoms with Gasteiger partial charge in [-0.2, -0.15) is 5.10 Å². The van der Waals surface area contributed by atoms with Gasteiger partial charge in [0, 0.05) is 17.8 Å². The highest BCUT2D eigenvalue weighted by Crippen LogP contribution is 2.34. The summed E-state index contributed by atoms with van der Waals surface area (Å²) in [5.74, 6) is 0.00257. The predicted molar refractivity (Wildman–Crippen MR) is 170 cm³/mol. The number of methoxy groups -OCH3 is 1. The summed E-state index contributed by atoms with van der Waals surface area (Å²) in [5.41, 5.74) is 5.02. The van der Waals surface area contributed by atoms with E-state index < -0.39 is 28.9 Å². The van der Waals surface area contributed by atoms with Crippen LogP contribution in [0, 0.1) is 10.1 Å². The second-order valence-electron chi connectivity index (χ2n) is 9.68. The highest BCUT2D eigenvalue weighted by atomic mass is 79.9. The molecule has 15 heteroatoms. The van der Waals surface area contributed by atoms with Crippen LogP contribution in [-0.4, -0.2) is 49.4 Å². The van der Waals surface area contributed by atoms with Gasteiger partial charge in [-0.05, 0) is 88.9 Å². The normalized spacial score (nSPS) is 14.3. The van der Waals surface area contributed by atoms with Crippen LogP contribution in [0.4, 0.5) is 10.5 Å². The zero-order valence-corrected chi connectivity index (χ0v) is 26.6. The molecule has 14 nitrogen and oxygen atoms in total. The van der Waals surface area contributed by atoms with Crippen molar-refractivity contribution < 1.29 is 38.3 Å². The minimum Gasteiger partial charge on any atom is -0.493 e. The minimum absolute atomic E-state index is 0.00556. The number of carbonyl (C=O) groups is 3. The average Bonchev–Trinajstić information content (AvgIpc) is 3.03. The molecule has 1 aliphatic rings. The fraction of sp³-hybridized carbons (Fsp3) is 0.226. The number of halogens is 1. The van der Waals surface area contributed by atoms with Crippen LogP contribution in [-0.2, 0) is 20.9 Å². The van der Waals surface area contributed by atoms with Crippen LogP contribution >= 0.6 is 15.9 Å². The van der Waals surface area contributed by atoms with Gasteiger partial charge < -0.3 is 29.6 Å². The van der Waals surface area contributed by atoms with E-state index in [-0.39, 0.29) is 42.6 Å². The summed E-state index contributed by atoms with van der Waals surface area (Å²) < 4.78 is 22.7. The number of nitro groups is 1. The van der Waals surface area contributed by atoms with Crippen LogP contribution in [0.3, 0.4) is 0 Å². The molecule has 0 aromatic heterocycles. The van der Waals surface area contributed by atoms with Gasteiger partial charge in [-0.3, -0.25) is 14.9 Å². The summed E-state index contributed by atoms with van der Waals surface area (Å²) in [4.78, 5) is 47.5. The molecule has 4 rings (SSSR count). The van der Waals surface area contributed by atoms with E-state index in [0.717, 1.165) is 5.56 Å². The highest BCUT2D eigenvalue weighted by Gasteiger charge is 2.32. The number of benzene rings is 3. The van der Waals surface area contributed by atoms with Crippen LogP contribution in [0.25, 0.3) is 0 Å². The number of nitrogens with zero attached hydrogens (tertiary/aromatic N) is 2. The Morgan fingerprint density at radius 2 is 1.80 bits per heavy atom. The lowest BCUT2D eigenvalue weighted by Crippen LogP contribution is -2.45. The first-order valence-corrected chi connectivity index (χ1v) is 14.6. The van der Waals surface area contributed by atoms with E-state index in [1.54, 1.807) is 62.4 Å². The van der Waals surface area contributed by atoms with E-state index >= 15 is 0 Å². The highest BCUT2D eigenvalue weighted by molar-refractivity contribution is 9.10. The third-order valence-electron chi connectivity index (χ3n) is 6.54. The lowest BCUT2D eigenvalue weighted by atomic mass is 9.95. The first kappa shape index (κ1) is 33.5. The van der Waals surface area contributed by atoms with Gasteiger partial charge in [0.1, 0.15) is 12.4 Å². The van der Waals surface area contributed by atoms with E-state index in [2.05, 4.69) is 37.1 Å². The molecule has 0 bridgehead atoms. The number of nitrogens with one attached hydrogen (secondary N) is 3. The molecule has 1 atom stereocenters. The zero-order valence-electron chi connectivity index (χ0n) is 25.0. The molecule has 0 unspecified atom stereocenters. The number of non-ortho nitro benzene ring substituents is 1. The second-order valence-corrected chi connectivity index (χ2v) is 10.5. The van der Waals surface area contributed by atoms with E-state index in [1.165, 1.54) is 25.5 Å². The molecule has 46 heavy (non-hydrogen) atoms. The SMILES string of the molecule is CCOC(=O)C1=C(C)NC(=O)N[C@@H]1c1ccc(OCC(=O)N/N=C\c2ccc(OCc3ccc([N+](=O)[O-])cc3)c(Br)c2)c(OC)c1. The van der Waals surface area contributed by atoms with Crippen molar-refractivity contribution in [1.82, 2.24) is 16.1 Å². The van der Waals surface area contributed by atoms with Gasteiger partial charge in [-0.15, -0.1) is 0 Å². The molecule has 1 aliphatic heterocycles. The molecule has 3 amide bonds. The summed E-state index contributed by atoms with van der Waals surface area (Å²) in [7, 11) is 1.43. The first-order chi connectivity index (χ1) is 22.1. The monoisotopic (exact) mass is 695 g/mol. The summed E-state index contributed by atoms with van der Waals surface area (Å²) in [6.07, 6.45) is 1.45. The Labute approximate surface area is 272 Å². The smallest absolute Gasteiger partial charge is 0.338 e. The molecular formula is C31H30BrN5O9. The fourth-order valence-electron chi connectivity index (χ4n) is 4.35. The van der Waals surface area contributed by atoms with Crippen molar-refractivity contribution in [3.05, 3.63) is 103 Å². The van der Waals surface area contributed by atoms with Gasteiger partial charge in [0.2, 0.25) is 0 Å². The summed E-state index contributed by atoms with van der Waals surface area (Å²) in [6, 6.07) is 14.9. The molecule has 0 fully saturated rings. The van der Waals surface area contributed by atoms with E-state index in [1.807, 2.05) is 0 Å². The van der Waals surface area contributed by atoms with Crippen LogP contribution in [0.15, 0.2) is 81.5 Å². The summed E-state index contributed by atoms with van der Waals surface area (Å²) in [5, 5.41) is 20.1. The van der Waals surface area contributed by atoms with Crippen molar-refractivity contribution in [1.29, 1.82) is 0 Å². The van der Waals surface area contributed by atoms with Gasteiger partial charge in [0.05, 0.1) is 40.9 Å². The number of rotatable bonds is 13. The van der Waals surface area contributed by atoms with Crippen LogP contribution in [0.5, 0.6) is 17.2 Å². The maximum atomic E-state index is 12.6. The maximum absolute atomic E-state index is 12.6. The van der Waals surface area contributed by atoms with Gasteiger partial charge in [-0.25, -0.2) is 15.0 Å². The van der Waals surface area contributed by atoms with Crippen molar-refractivity contribution in [2.45, 2.75) is 26.5 Å². The Kier molecular flexibility index (Phi) is 11.3. The fourth-order valence-corrected chi connectivity index (χ4v) is 4.86. The number of carbonyl (C=O) groups excluding carboxylic acids is 3. The van der Waals surface area contributed by atoms with Crippen molar-refractivity contribution in [2.24, 2.45) is 5.10 Å². The Morgan fingerprint density at radius 3 is 2.48 bits per heavy atom. The predicted octanol–water partition coefficient (Wildman–Crippen LogP) is 4.67. The van der Waals surface area contributed by atoms with Crippen molar-refractivity contribution in [3.63, 3.8) is 0 Å². The lowest BCUT2D eigenvalue weighted by molar-refractivity contribution is -0.384. The molecule has 0 aliphatic carbocycles. The first-order valence-electron chi connectivity index (χ1n) is 13.8. The number of esters is 1. The third kappa shape index (κ3) is 8.59.